The monoisotopic (exact) mass is 196 g/mol. The Morgan fingerprint density at radius 3 is 2.93 bits per heavy atom. The Morgan fingerprint density at radius 2 is 2.36 bits per heavy atom. The molecule has 0 unspecified atom stereocenters. The zero-order valence-electron chi connectivity index (χ0n) is 8.28. The Bertz CT molecular complexity index is 267. The lowest BCUT2D eigenvalue weighted by Crippen LogP contribution is -2.41. The van der Waals surface area contributed by atoms with Crippen molar-refractivity contribution in [1.82, 2.24) is 4.90 Å². The van der Waals surface area contributed by atoms with Gasteiger partial charge in [0.05, 0.1) is 26.0 Å². The molecule has 0 aromatic rings. The summed E-state index contributed by atoms with van der Waals surface area (Å²) in [4.78, 5) is 23.9. The molecule has 1 saturated heterocycles. The van der Waals surface area contributed by atoms with Crippen molar-refractivity contribution in [3.05, 3.63) is 6.42 Å². The first kappa shape index (κ1) is 9.37. The fourth-order valence-corrected chi connectivity index (χ4v) is 2.16. The average molecular weight is 196 g/mol. The molecule has 0 N–H and O–H groups in total. The molecule has 1 aliphatic heterocycles. The van der Waals surface area contributed by atoms with E-state index in [-0.39, 0.29) is 11.5 Å². The minimum Gasteiger partial charge on any atom is -0.450 e. The molecule has 2 rings (SSSR count). The number of Topliss-reactive ketones (excluding diaryl/α,β-unsaturated/α-hetero) is 1. The van der Waals surface area contributed by atoms with Gasteiger partial charge in [0.2, 0.25) is 0 Å². The quantitative estimate of drug-likeness (QED) is 0.588. The first-order valence-electron chi connectivity index (χ1n) is 4.93. The van der Waals surface area contributed by atoms with Gasteiger partial charge in [0, 0.05) is 0 Å². The number of amides is 1. The van der Waals surface area contributed by atoms with Gasteiger partial charge in [-0.25, -0.2) is 4.79 Å². The van der Waals surface area contributed by atoms with Crippen LogP contribution in [0.4, 0.5) is 4.79 Å². The molecule has 2 aliphatic rings. The third-order valence-corrected chi connectivity index (χ3v) is 2.87. The van der Waals surface area contributed by atoms with E-state index < -0.39 is 0 Å². The van der Waals surface area contributed by atoms with Gasteiger partial charge in [0.1, 0.15) is 17.6 Å². The largest absolute Gasteiger partial charge is 0.450 e. The third-order valence-electron chi connectivity index (χ3n) is 2.87. The number of rotatable bonds is 1. The van der Waals surface area contributed by atoms with Gasteiger partial charge in [-0.3, -0.25) is 9.69 Å². The second-order valence-corrected chi connectivity index (χ2v) is 4.04. The third kappa shape index (κ3) is 1.45. The number of ether oxygens (including phenoxy) is 1. The summed E-state index contributed by atoms with van der Waals surface area (Å²) >= 11 is 0. The number of hydrogen-bond acceptors (Lipinski definition) is 3. The summed E-state index contributed by atoms with van der Waals surface area (Å²) in [5, 5.41) is 0. The van der Waals surface area contributed by atoms with Crippen molar-refractivity contribution in [3.63, 3.8) is 0 Å². The Kier molecular flexibility index (Phi) is 2.13. The van der Waals surface area contributed by atoms with E-state index in [9.17, 15) is 9.59 Å². The number of hydrogen-bond donors (Lipinski definition) is 0. The minimum atomic E-state index is -0.264. The van der Waals surface area contributed by atoms with Crippen LogP contribution >= 0.6 is 0 Å². The fraction of sp³-hybridized carbons (Fsp3) is 0.700. The van der Waals surface area contributed by atoms with Crippen molar-refractivity contribution < 1.29 is 14.3 Å². The van der Waals surface area contributed by atoms with Crippen molar-refractivity contribution in [2.24, 2.45) is 5.41 Å². The molecule has 14 heavy (non-hydrogen) atoms. The summed E-state index contributed by atoms with van der Waals surface area (Å²) in [5.41, 5.74) is -0.0101. The highest BCUT2D eigenvalue weighted by molar-refractivity contribution is 5.87. The Labute approximate surface area is 83.2 Å². The van der Waals surface area contributed by atoms with Crippen LogP contribution in [0.15, 0.2) is 0 Å². The van der Waals surface area contributed by atoms with Crippen molar-refractivity contribution >= 4 is 11.9 Å². The van der Waals surface area contributed by atoms with Crippen LogP contribution in [-0.2, 0) is 9.53 Å². The number of nitrogens with zero attached hydrogens (tertiary/aromatic N) is 1. The van der Waals surface area contributed by atoms with Gasteiger partial charge in [0.25, 0.3) is 0 Å². The summed E-state index contributed by atoms with van der Waals surface area (Å²) in [5.74, 6) is 0.298. The number of carbonyl (C=O) groups excluding carboxylic acids is 2. The highest BCUT2D eigenvalue weighted by atomic mass is 16.6. The summed E-state index contributed by atoms with van der Waals surface area (Å²) in [6.45, 7) is 3.46. The Hall–Kier alpha value is -1.19. The van der Waals surface area contributed by atoms with Gasteiger partial charge < -0.3 is 4.74 Å². The molecule has 0 atom stereocenters. The molecule has 2 fully saturated rings. The molecule has 1 saturated carbocycles. The predicted octanol–water partition coefficient (Wildman–Crippen LogP) is 1.01. The number of ketones is 1. The summed E-state index contributed by atoms with van der Waals surface area (Å²) in [6, 6.07) is 0. The maximum atomic E-state index is 11.4. The zero-order chi connectivity index (χ0) is 10.2. The summed E-state index contributed by atoms with van der Waals surface area (Å²) in [7, 11) is 0. The number of likely N-dealkylation sites (tertiary alicyclic amines) is 1. The molecule has 0 aromatic heterocycles. The van der Waals surface area contributed by atoms with Crippen molar-refractivity contribution in [3.8, 4) is 0 Å². The van der Waals surface area contributed by atoms with Crippen LogP contribution in [0.5, 0.6) is 0 Å². The van der Waals surface area contributed by atoms with Crippen LogP contribution in [0.1, 0.15) is 19.8 Å². The highest BCUT2D eigenvalue weighted by Gasteiger charge is 2.57. The molecule has 76 valence electrons. The molecular formula is C10H14NO3+. The molecule has 1 aliphatic carbocycles. The van der Waals surface area contributed by atoms with Crippen LogP contribution in [0, 0.1) is 11.8 Å². The topological polar surface area (TPSA) is 46.6 Å². The van der Waals surface area contributed by atoms with Crippen LogP contribution in [0.25, 0.3) is 0 Å². The molecule has 1 spiro atoms. The smallest absolute Gasteiger partial charge is 0.413 e. The van der Waals surface area contributed by atoms with Crippen molar-refractivity contribution in [2.75, 3.05) is 19.7 Å². The maximum Gasteiger partial charge on any atom is 0.413 e. The molecular weight excluding hydrogens is 182 g/mol. The molecule has 0 bridgehead atoms. The van der Waals surface area contributed by atoms with Crippen LogP contribution < -0.4 is 0 Å². The van der Waals surface area contributed by atoms with Gasteiger partial charge in [-0.05, 0) is 6.92 Å². The lowest BCUT2D eigenvalue weighted by Gasteiger charge is -2.28. The van der Waals surface area contributed by atoms with Crippen LogP contribution in [0.2, 0.25) is 0 Å². The van der Waals surface area contributed by atoms with Gasteiger partial charge >= 0.3 is 6.09 Å². The van der Waals surface area contributed by atoms with Crippen molar-refractivity contribution in [1.29, 1.82) is 0 Å². The maximum absolute atomic E-state index is 11.4. The lowest BCUT2D eigenvalue weighted by molar-refractivity contribution is -0.130. The van der Waals surface area contributed by atoms with E-state index in [1.54, 1.807) is 11.8 Å². The number of carbonyl (C=O) groups is 2. The zero-order valence-corrected chi connectivity index (χ0v) is 8.28. The average Bonchev–Trinajstić information content (AvgIpc) is 2.49. The fourth-order valence-electron chi connectivity index (χ4n) is 2.16. The van der Waals surface area contributed by atoms with E-state index in [1.807, 2.05) is 0 Å². The second kappa shape index (κ2) is 3.19. The van der Waals surface area contributed by atoms with Gasteiger partial charge in [-0.15, -0.1) is 0 Å². The van der Waals surface area contributed by atoms with E-state index in [0.717, 1.165) is 0 Å². The predicted molar refractivity (Wildman–Crippen MR) is 49.6 cm³/mol. The Morgan fingerprint density at radius 1 is 1.64 bits per heavy atom. The van der Waals surface area contributed by atoms with Crippen LogP contribution in [0.3, 0.4) is 0 Å². The van der Waals surface area contributed by atoms with Crippen molar-refractivity contribution in [2.45, 2.75) is 19.8 Å². The van der Waals surface area contributed by atoms with E-state index in [4.69, 9.17) is 4.74 Å². The van der Waals surface area contributed by atoms with Gasteiger partial charge in [-0.1, -0.05) is 0 Å². The normalized spacial score (nSPS) is 23.2. The van der Waals surface area contributed by atoms with Gasteiger partial charge in [0.15, 0.2) is 6.54 Å². The minimum absolute atomic E-state index is 0.0101. The molecule has 0 radical (unpaired) electrons. The van der Waals surface area contributed by atoms with E-state index in [2.05, 4.69) is 6.42 Å². The molecule has 1 amide bonds. The first-order valence-corrected chi connectivity index (χ1v) is 4.93. The van der Waals surface area contributed by atoms with Gasteiger partial charge in [-0.2, -0.15) is 0 Å². The molecule has 4 nitrogen and oxygen atoms in total. The Balaban J connectivity index is 1.89. The molecule has 0 aromatic carbocycles. The van der Waals surface area contributed by atoms with E-state index in [1.165, 1.54) is 0 Å². The lowest BCUT2D eigenvalue weighted by atomic mass is 9.67. The standard InChI is InChI=1S/C10H14NO3/c1-2-14-9(13)11-4-3-10(7-11)5-8(12)6-10/h3H,2,4-7H2,1H3/q+1. The summed E-state index contributed by atoms with van der Waals surface area (Å²) in [6.07, 6.45) is 3.01. The van der Waals surface area contributed by atoms with E-state index >= 15 is 0 Å². The second-order valence-electron chi connectivity index (χ2n) is 4.04. The van der Waals surface area contributed by atoms with E-state index in [0.29, 0.717) is 38.3 Å². The van der Waals surface area contributed by atoms with Crippen LogP contribution in [-0.4, -0.2) is 36.5 Å². The summed E-state index contributed by atoms with van der Waals surface area (Å²) < 4.78 is 4.90. The first-order chi connectivity index (χ1) is 6.65. The molecule has 4 heteroatoms. The SMILES string of the molecule is CCOC(=O)N1C[CH+]C2(CC(=O)C2)C1. The highest BCUT2D eigenvalue weighted by Crippen LogP contribution is 2.45. The molecule has 1 heterocycles.